The third-order valence-corrected chi connectivity index (χ3v) is 6.78. The van der Waals surface area contributed by atoms with E-state index in [1.54, 1.807) is 4.31 Å². The lowest BCUT2D eigenvalue weighted by molar-refractivity contribution is 0.153. The van der Waals surface area contributed by atoms with Crippen molar-refractivity contribution in [1.29, 1.82) is 0 Å². The maximum absolute atomic E-state index is 12.6. The maximum Gasteiger partial charge on any atom is 0.217 e. The first-order chi connectivity index (χ1) is 7.84. The van der Waals surface area contributed by atoms with Crippen LogP contribution in [0.25, 0.3) is 0 Å². The number of hydrogen-bond acceptors (Lipinski definition) is 3. The van der Waals surface area contributed by atoms with Gasteiger partial charge in [-0.15, -0.1) is 0 Å². The summed E-state index contributed by atoms with van der Waals surface area (Å²) in [6, 6.07) is 0.139. The number of sulfonamides is 1. The van der Waals surface area contributed by atoms with Crippen molar-refractivity contribution < 1.29 is 8.42 Å². The SMILES string of the molecule is CC1(C)CC(N)CCN1S(=O)(=O)C1CCCC1. The molecule has 0 radical (unpaired) electrons. The van der Waals surface area contributed by atoms with E-state index in [1.165, 1.54) is 0 Å². The standard InChI is InChI=1S/C12H24N2O2S/c1-12(2)9-10(13)7-8-14(12)17(15,16)11-5-3-4-6-11/h10-11H,3-9,13H2,1-2H3. The van der Waals surface area contributed by atoms with Gasteiger partial charge in [-0.05, 0) is 39.5 Å². The van der Waals surface area contributed by atoms with E-state index in [9.17, 15) is 8.42 Å². The van der Waals surface area contributed by atoms with Crippen molar-refractivity contribution in [2.75, 3.05) is 6.54 Å². The van der Waals surface area contributed by atoms with Crippen LogP contribution in [-0.2, 0) is 10.0 Å². The van der Waals surface area contributed by atoms with E-state index in [0.29, 0.717) is 6.54 Å². The van der Waals surface area contributed by atoms with Crippen LogP contribution in [0.2, 0.25) is 0 Å². The van der Waals surface area contributed by atoms with Gasteiger partial charge in [0.2, 0.25) is 10.0 Å². The largest absolute Gasteiger partial charge is 0.328 e. The fraction of sp³-hybridized carbons (Fsp3) is 1.00. The molecule has 2 aliphatic rings. The Bertz CT molecular complexity index is 372. The first kappa shape index (κ1) is 13.3. The fourth-order valence-electron chi connectivity index (χ4n) is 3.27. The Morgan fingerprint density at radius 1 is 1.18 bits per heavy atom. The zero-order valence-corrected chi connectivity index (χ0v) is 11.7. The van der Waals surface area contributed by atoms with Gasteiger partial charge in [-0.1, -0.05) is 12.8 Å². The summed E-state index contributed by atoms with van der Waals surface area (Å²) in [7, 11) is -3.12. The highest BCUT2D eigenvalue weighted by Gasteiger charge is 2.44. The van der Waals surface area contributed by atoms with Gasteiger partial charge in [0, 0.05) is 18.1 Å². The van der Waals surface area contributed by atoms with Crippen molar-refractivity contribution in [1.82, 2.24) is 4.31 Å². The molecule has 1 atom stereocenters. The minimum Gasteiger partial charge on any atom is -0.328 e. The Balaban J connectivity index is 2.20. The second kappa shape index (κ2) is 4.52. The topological polar surface area (TPSA) is 63.4 Å². The van der Waals surface area contributed by atoms with Gasteiger partial charge in [-0.25, -0.2) is 8.42 Å². The Labute approximate surface area is 105 Å². The molecule has 5 heteroatoms. The van der Waals surface area contributed by atoms with Crippen LogP contribution in [0.1, 0.15) is 52.4 Å². The maximum atomic E-state index is 12.6. The van der Waals surface area contributed by atoms with E-state index in [-0.39, 0.29) is 16.8 Å². The molecule has 0 amide bonds. The molecule has 100 valence electrons. The van der Waals surface area contributed by atoms with E-state index in [1.807, 2.05) is 13.8 Å². The highest BCUT2D eigenvalue weighted by Crippen LogP contribution is 2.35. The van der Waals surface area contributed by atoms with E-state index in [4.69, 9.17) is 5.73 Å². The van der Waals surface area contributed by atoms with Crippen molar-refractivity contribution in [3.63, 3.8) is 0 Å². The molecule has 2 fully saturated rings. The number of nitrogens with two attached hydrogens (primary N) is 1. The summed E-state index contributed by atoms with van der Waals surface area (Å²) in [5.41, 5.74) is 5.63. The van der Waals surface area contributed by atoms with Gasteiger partial charge in [0.15, 0.2) is 0 Å². The average Bonchev–Trinajstić information content (AvgIpc) is 2.67. The molecule has 0 spiro atoms. The predicted octanol–water partition coefficient (Wildman–Crippen LogP) is 1.46. The highest BCUT2D eigenvalue weighted by atomic mass is 32.2. The molecule has 1 aliphatic carbocycles. The summed E-state index contributed by atoms with van der Waals surface area (Å²) in [5, 5.41) is -0.143. The van der Waals surface area contributed by atoms with E-state index in [0.717, 1.165) is 38.5 Å². The molecule has 1 unspecified atom stereocenters. The van der Waals surface area contributed by atoms with Gasteiger partial charge >= 0.3 is 0 Å². The molecule has 1 aliphatic heterocycles. The molecule has 0 bridgehead atoms. The van der Waals surface area contributed by atoms with Crippen molar-refractivity contribution in [3.8, 4) is 0 Å². The van der Waals surface area contributed by atoms with Crippen LogP contribution < -0.4 is 5.73 Å². The summed E-state index contributed by atoms with van der Waals surface area (Å²) < 4.78 is 26.9. The van der Waals surface area contributed by atoms with Gasteiger partial charge < -0.3 is 5.73 Å². The Hall–Kier alpha value is -0.130. The monoisotopic (exact) mass is 260 g/mol. The summed E-state index contributed by atoms with van der Waals surface area (Å²) >= 11 is 0. The van der Waals surface area contributed by atoms with Crippen molar-refractivity contribution in [2.24, 2.45) is 5.73 Å². The molecule has 2 rings (SSSR count). The zero-order chi connectivity index (χ0) is 12.7. The van der Waals surface area contributed by atoms with Crippen LogP contribution in [-0.4, -0.2) is 36.1 Å². The minimum absolute atomic E-state index is 0.139. The second-order valence-corrected chi connectivity index (χ2v) is 8.23. The second-order valence-electron chi connectivity index (χ2n) is 6.09. The first-order valence-electron chi connectivity index (χ1n) is 6.61. The molecule has 1 saturated heterocycles. The highest BCUT2D eigenvalue weighted by molar-refractivity contribution is 7.89. The molecule has 0 aromatic rings. The van der Waals surface area contributed by atoms with Gasteiger partial charge in [-0.3, -0.25) is 0 Å². The summed E-state index contributed by atoms with van der Waals surface area (Å²) in [4.78, 5) is 0. The average molecular weight is 260 g/mol. The molecular weight excluding hydrogens is 236 g/mol. The van der Waals surface area contributed by atoms with Crippen molar-refractivity contribution in [2.45, 2.75) is 69.2 Å². The summed E-state index contributed by atoms with van der Waals surface area (Å²) in [5.74, 6) is 0. The first-order valence-corrected chi connectivity index (χ1v) is 8.11. The molecule has 0 aromatic heterocycles. The van der Waals surface area contributed by atoms with Crippen LogP contribution in [0.4, 0.5) is 0 Å². The quantitative estimate of drug-likeness (QED) is 0.817. The van der Waals surface area contributed by atoms with E-state index < -0.39 is 10.0 Å². The molecule has 1 heterocycles. The van der Waals surface area contributed by atoms with Crippen LogP contribution >= 0.6 is 0 Å². The van der Waals surface area contributed by atoms with E-state index >= 15 is 0 Å². The molecule has 2 N–H and O–H groups in total. The van der Waals surface area contributed by atoms with Crippen LogP contribution in [0, 0.1) is 0 Å². The third kappa shape index (κ3) is 2.51. The van der Waals surface area contributed by atoms with E-state index in [2.05, 4.69) is 0 Å². The summed E-state index contributed by atoms with van der Waals surface area (Å²) in [6.45, 7) is 4.59. The Kier molecular flexibility index (Phi) is 3.54. The van der Waals surface area contributed by atoms with Crippen LogP contribution in [0.5, 0.6) is 0 Å². The van der Waals surface area contributed by atoms with Gasteiger partial charge in [0.1, 0.15) is 0 Å². The number of nitrogens with zero attached hydrogens (tertiary/aromatic N) is 1. The van der Waals surface area contributed by atoms with Crippen molar-refractivity contribution in [3.05, 3.63) is 0 Å². The van der Waals surface area contributed by atoms with Crippen LogP contribution in [0.3, 0.4) is 0 Å². The van der Waals surface area contributed by atoms with Crippen molar-refractivity contribution >= 4 is 10.0 Å². The van der Waals surface area contributed by atoms with Gasteiger partial charge in [-0.2, -0.15) is 4.31 Å². The number of rotatable bonds is 2. The lowest BCUT2D eigenvalue weighted by atomic mass is 9.90. The lowest BCUT2D eigenvalue weighted by Crippen LogP contribution is -2.57. The van der Waals surface area contributed by atoms with Gasteiger partial charge in [0.05, 0.1) is 5.25 Å². The molecular formula is C12H24N2O2S. The molecule has 1 saturated carbocycles. The Morgan fingerprint density at radius 2 is 1.76 bits per heavy atom. The normalized spacial score (nSPS) is 31.8. The Morgan fingerprint density at radius 3 is 2.29 bits per heavy atom. The number of piperidine rings is 1. The smallest absolute Gasteiger partial charge is 0.217 e. The van der Waals surface area contributed by atoms with Crippen LogP contribution in [0.15, 0.2) is 0 Å². The molecule has 4 nitrogen and oxygen atoms in total. The zero-order valence-electron chi connectivity index (χ0n) is 10.9. The molecule has 0 aromatic carbocycles. The lowest BCUT2D eigenvalue weighted by Gasteiger charge is -2.44. The number of hydrogen-bond donors (Lipinski definition) is 1. The van der Waals surface area contributed by atoms with Gasteiger partial charge in [0.25, 0.3) is 0 Å². The molecule has 17 heavy (non-hydrogen) atoms. The fourth-order valence-corrected chi connectivity index (χ4v) is 5.68. The predicted molar refractivity (Wildman–Crippen MR) is 69.2 cm³/mol. The minimum atomic E-state index is -3.12. The summed E-state index contributed by atoms with van der Waals surface area (Å²) in [6.07, 6.45) is 5.33. The third-order valence-electron chi connectivity index (χ3n) is 4.17.